The van der Waals surface area contributed by atoms with Crippen molar-refractivity contribution in [3.8, 4) is 5.88 Å². The van der Waals surface area contributed by atoms with Crippen LogP contribution in [0.1, 0.15) is 6.92 Å². The van der Waals surface area contributed by atoms with Crippen LogP contribution < -0.4 is 10.1 Å². The van der Waals surface area contributed by atoms with Crippen LogP contribution in [0.2, 0.25) is 0 Å². The van der Waals surface area contributed by atoms with Crippen LogP contribution in [0, 0.1) is 5.92 Å². The van der Waals surface area contributed by atoms with Gasteiger partial charge < -0.3 is 10.1 Å². The molecule has 0 aromatic carbocycles. The summed E-state index contributed by atoms with van der Waals surface area (Å²) in [6.07, 6.45) is 2.03. The molecule has 0 saturated carbocycles. The highest BCUT2D eigenvalue weighted by molar-refractivity contribution is 5.10. The zero-order chi connectivity index (χ0) is 9.10. The second-order valence-electron chi connectivity index (χ2n) is 3.46. The maximum Gasteiger partial charge on any atom is 0.213 e. The Hall–Kier alpha value is -1.09. The lowest BCUT2D eigenvalue weighted by Gasteiger charge is -2.15. The topological polar surface area (TPSA) is 34.1 Å². The highest BCUT2D eigenvalue weighted by Crippen LogP contribution is 2.15. The predicted molar refractivity (Wildman–Crippen MR) is 50.7 cm³/mol. The minimum Gasteiger partial charge on any atom is -0.473 e. The maximum atomic E-state index is 5.71. The van der Waals surface area contributed by atoms with Crippen LogP contribution in [0.15, 0.2) is 24.4 Å². The van der Waals surface area contributed by atoms with Gasteiger partial charge in [-0.2, -0.15) is 0 Å². The Labute approximate surface area is 78.1 Å². The lowest BCUT2D eigenvalue weighted by atomic mass is 10.1. The summed E-state index contributed by atoms with van der Waals surface area (Å²) in [7, 11) is 0. The molecular weight excluding hydrogens is 164 g/mol. The molecule has 0 spiro atoms. The van der Waals surface area contributed by atoms with Gasteiger partial charge in [0.25, 0.3) is 0 Å². The van der Waals surface area contributed by atoms with Crippen LogP contribution in [-0.2, 0) is 0 Å². The van der Waals surface area contributed by atoms with Gasteiger partial charge in [0, 0.05) is 31.3 Å². The summed E-state index contributed by atoms with van der Waals surface area (Å²) in [5.41, 5.74) is 0. The average Bonchev–Trinajstić information content (AvgIpc) is 2.54. The SMILES string of the molecule is C[C@@H]1CNC[C@H]1Oc1ccccn1. The predicted octanol–water partition coefficient (Wildman–Crippen LogP) is 1.07. The van der Waals surface area contributed by atoms with E-state index in [0.717, 1.165) is 19.0 Å². The number of nitrogens with zero attached hydrogens (tertiary/aromatic N) is 1. The fourth-order valence-corrected chi connectivity index (χ4v) is 1.52. The summed E-state index contributed by atoms with van der Waals surface area (Å²) in [6.45, 7) is 4.16. The van der Waals surface area contributed by atoms with E-state index in [0.29, 0.717) is 5.92 Å². The molecule has 0 aliphatic carbocycles. The maximum absolute atomic E-state index is 5.71. The molecule has 1 aliphatic heterocycles. The monoisotopic (exact) mass is 178 g/mol. The van der Waals surface area contributed by atoms with Crippen LogP contribution >= 0.6 is 0 Å². The molecular formula is C10H14N2O. The van der Waals surface area contributed by atoms with Crippen molar-refractivity contribution in [2.24, 2.45) is 5.92 Å². The average molecular weight is 178 g/mol. The van der Waals surface area contributed by atoms with Crippen LogP contribution in [-0.4, -0.2) is 24.2 Å². The first-order chi connectivity index (χ1) is 6.36. The standard InChI is InChI=1S/C10H14N2O/c1-8-6-11-7-9(8)13-10-4-2-3-5-12-10/h2-5,8-9,11H,6-7H2,1H3/t8-,9-/m1/s1. The molecule has 1 aromatic heterocycles. The van der Waals surface area contributed by atoms with E-state index in [-0.39, 0.29) is 6.10 Å². The van der Waals surface area contributed by atoms with Gasteiger partial charge in [0.2, 0.25) is 5.88 Å². The highest BCUT2D eigenvalue weighted by atomic mass is 16.5. The molecule has 3 nitrogen and oxygen atoms in total. The van der Waals surface area contributed by atoms with Crippen molar-refractivity contribution >= 4 is 0 Å². The largest absolute Gasteiger partial charge is 0.473 e. The zero-order valence-electron chi connectivity index (χ0n) is 7.73. The Morgan fingerprint density at radius 1 is 1.46 bits per heavy atom. The Bertz CT molecular complexity index is 263. The Morgan fingerprint density at radius 2 is 2.38 bits per heavy atom. The first kappa shape index (κ1) is 8.51. The third-order valence-electron chi connectivity index (χ3n) is 2.36. The van der Waals surface area contributed by atoms with Crippen LogP contribution in [0.3, 0.4) is 0 Å². The first-order valence-electron chi connectivity index (χ1n) is 4.64. The summed E-state index contributed by atoms with van der Waals surface area (Å²) in [6, 6.07) is 5.73. The third kappa shape index (κ3) is 1.98. The van der Waals surface area contributed by atoms with Gasteiger partial charge in [-0.3, -0.25) is 0 Å². The zero-order valence-corrected chi connectivity index (χ0v) is 7.73. The Balaban J connectivity index is 1.98. The summed E-state index contributed by atoms with van der Waals surface area (Å²) < 4.78 is 5.71. The van der Waals surface area contributed by atoms with E-state index < -0.39 is 0 Å². The van der Waals surface area contributed by atoms with Crippen molar-refractivity contribution in [2.75, 3.05) is 13.1 Å². The van der Waals surface area contributed by atoms with Gasteiger partial charge in [-0.15, -0.1) is 0 Å². The molecule has 70 valence electrons. The molecule has 0 unspecified atom stereocenters. The molecule has 2 heterocycles. The van der Waals surface area contributed by atoms with Crippen molar-refractivity contribution in [1.82, 2.24) is 10.3 Å². The normalized spacial score (nSPS) is 27.5. The minimum atomic E-state index is 0.273. The second kappa shape index (κ2) is 3.75. The van der Waals surface area contributed by atoms with Gasteiger partial charge in [-0.05, 0) is 6.07 Å². The van der Waals surface area contributed by atoms with Crippen LogP contribution in [0.4, 0.5) is 0 Å². The first-order valence-corrected chi connectivity index (χ1v) is 4.64. The molecule has 1 fully saturated rings. The lowest BCUT2D eigenvalue weighted by molar-refractivity contribution is 0.175. The minimum absolute atomic E-state index is 0.273. The number of rotatable bonds is 2. The van der Waals surface area contributed by atoms with Gasteiger partial charge in [0.05, 0.1) is 0 Å². The van der Waals surface area contributed by atoms with Crippen molar-refractivity contribution in [2.45, 2.75) is 13.0 Å². The number of hydrogen-bond donors (Lipinski definition) is 1. The van der Waals surface area contributed by atoms with E-state index in [1.54, 1.807) is 6.20 Å². The van der Waals surface area contributed by atoms with Gasteiger partial charge in [0.15, 0.2) is 0 Å². The van der Waals surface area contributed by atoms with Crippen molar-refractivity contribution in [3.05, 3.63) is 24.4 Å². The van der Waals surface area contributed by atoms with E-state index >= 15 is 0 Å². The molecule has 1 aromatic rings. The number of ether oxygens (including phenoxy) is 1. The van der Waals surface area contributed by atoms with E-state index in [1.165, 1.54) is 0 Å². The van der Waals surface area contributed by atoms with Gasteiger partial charge in [-0.25, -0.2) is 4.98 Å². The summed E-state index contributed by atoms with van der Waals surface area (Å²) in [5, 5.41) is 3.29. The van der Waals surface area contributed by atoms with E-state index in [2.05, 4.69) is 17.2 Å². The number of nitrogens with one attached hydrogen (secondary N) is 1. The molecule has 3 heteroatoms. The van der Waals surface area contributed by atoms with Crippen LogP contribution in [0.5, 0.6) is 5.88 Å². The third-order valence-corrected chi connectivity index (χ3v) is 2.36. The molecule has 0 bridgehead atoms. The van der Waals surface area contributed by atoms with Crippen LogP contribution in [0.25, 0.3) is 0 Å². The fourth-order valence-electron chi connectivity index (χ4n) is 1.52. The van der Waals surface area contributed by atoms with Gasteiger partial charge >= 0.3 is 0 Å². The fraction of sp³-hybridized carbons (Fsp3) is 0.500. The molecule has 1 N–H and O–H groups in total. The summed E-state index contributed by atoms with van der Waals surface area (Å²) in [4.78, 5) is 4.13. The molecule has 0 amide bonds. The highest BCUT2D eigenvalue weighted by Gasteiger charge is 2.24. The van der Waals surface area contributed by atoms with E-state index in [4.69, 9.17) is 4.74 Å². The van der Waals surface area contributed by atoms with E-state index in [9.17, 15) is 0 Å². The summed E-state index contributed by atoms with van der Waals surface area (Å²) in [5.74, 6) is 1.30. The number of pyridine rings is 1. The molecule has 1 aliphatic rings. The molecule has 2 rings (SSSR count). The lowest BCUT2D eigenvalue weighted by Crippen LogP contribution is -2.24. The van der Waals surface area contributed by atoms with Gasteiger partial charge in [-0.1, -0.05) is 13.0 Å². The quantitative estimate of drug-likeness (QED) is 0.735. The molecule has 1 saturated heterocycles. The second-order valence-corrected chi connectivity index (χ2v) is 3.46. The molecule has 2 atom stereocenters. The number of hydrogen-bond acceptors (Lipinski definition) is 3. The van der Waals surface area contributed by atoms with Crippen molar-refractivity contribution in [3.63, 3.8) is 0 Å². The van der Waals surface area contributed by atoms with Crippen molar-refractivity contribution < 1.29 is 4.74 Å². The molecule has 0 radical (unpaired) electrons. The number of aromatic nitrogens is 1. The van der Waals surface area contributed by atoms with E-state index in [1.807, 2.05) is 18.2 Å². The van der Waals surface area contributed by atoms with Gasteiger partial charge in [0.1, 0.15) is 6.10 Å². The molecule has 13 heavy (non-hydrogen) atoms. The smallest absolute Gasteiger partial charge is 0.213 e. The van der Waals surface area contributed by atoms with Crippen molar-refractivity contribution in [1.29, 1.82) is 0 Å². The Kier molecular flexibility index (Phi) is 2.45. The Morgan fingerprint density at radius 3 is 3.00 bits per heavy atom. The summed E-state index contributed by atoms with van der Waals surface area (Å²) >= 11 is 0.